The van der Waals surface area contributed by atoms with Crippen LogP contribution in [0.15, 0.2) is 18.2 Å². The van der Waals surface area contributed by atoms with Gasteiger partial charge in [-0.05, 0) is 37.0 Å². The molecule has 0 bridgehead atoms. The van der Waals surface area contributed by atoms with E-state index in [1.807, 2.05) is 11.8 Å². The summed E-state index contributed by atoms with van der Waals surface area (Å²) in [4.78, 5) is 15.1. The van der Waals surface area contributed by atoms with Crippen LogP contribution in [0.4, 0.5) is 4.39 Å². The first-order chi connectivity index (χ1) is 8.74. The minimum absolute atomic E-state index is 0.136. The van der Waals surface area contributed by atoms with E-state index in [1.165, 1.54) is 36.8 Å². The fourth-order valence-electron chi connectivity index (χ4n) is 1.55. The van der Waals surface area contributed by atoms with E-state index < -0.39 is 5.95 Å². The van der Waals surface area contributed by atoms with Crippen LogP contribution < -0.4 is 5.32 Å². The van der Waals surface area contributed by atoms with Crippen molar-refractivity contribution in [3.05, 3.63) is 29.8 Å². The fourth-order valence-corrected chi connectivity index (χ4v) is 2.04. The van der Waals surface area contributed by atoms with E-state index in [0.717, 1.165) is 12.8 Å². The van der Waals surface area contributed by atoms with Crippen molar-refractivity contribution in [1.82, 2.24) is 10.3 Å². The first-order valence-corrected chi connectivity index (χ1v) is 7.53. The number of nitrogens with zero attached hydrogens (tertiary/aromatic N) is 1. The number of carbonyl (C=O) groups is 1. The van der Waals surface area contributed by atoms with Gasteiger partial charge in [-0.3, -0.25) is 4.79 Å². The molecule has 0 atom stereocenters. The Hall–Kier alpha value is -1.10. The number of hydrogen-bond donors (Lipinski definition) is 1. The Balaban J connectivity index is 2.14. The summed E-state index contributed by atoms with van der Waals surface area (Å²) in [6, 6.07) is 4.22. The Morgan fingerprint density at radius 2 is 2.11 bits per heavy atom. The largest absolute Gasteiger partial charge is 0.351 e. The number of nitrogens with one attached hydrogen (secondary N) is 1. The summed E-state index contributed by atoms with van der Waals surface area (Å²) < 4.78 is 12.8. The van der Waals surface area contributed by atoms with Crippen molar-refractivity contribution in [3.63, 3.8) is 0 Å². The monoisotopic (exact) mass is 270 g/mol. The molecule has 0 aliphatic heterocycles. The van der Waals surface area contributed by atoms with Gasteiger partial charge in [-0.1, -0.05) is 18.9 Å². The third-order valence-electron chi connectivity index (χ3n) is 2.51. The van der Waals surface area contributed by atoms with Crippen molar-refractivity contribution in [1.29, 1.82) is 0 Å². The van der Waals surface area contributed by atoms with Gasteiger partial charge in [-0.25, -0.2) is 4.98 Å². The number of rotatable bonds is 8. The summed E-state index contributed by atoms with van der Waals surface area (Å²) in [7, 11) is 0. The molecule has 1 aromatic rings. The van der Waals surface area contributed by atoms with E-state index in [-0.39, 0.29) is 11.6 Å². The lowest BCUT2D eigenvalue weighted by atomic mass is 10.2. The zero-order chi connectivity index (χ0) is 13.2. The minimum Gasteiger partial charge on any atom is -0.351 e. The van der Waals surface area contributed by atoms with Crippen molar-refractivity contribution in [2.45, 2.75) is 25.7 Å². The van der Waals surface area contributed by atoms with Crippen molar-refractivity contribution < 1.29 is 9.18 Å². The molecule has 3 nitrogen and oxygen atoms in total. The standard InChI is InChI=1S/C13H19FN2OS/c1-18-10-5-3-2-4-9-15-13(17)11-7-6-8-12(14)16-11/h6-8H,2-5,9-10H2,1H3,(H,15,17). The van der Waals surface area contributed by atoms with Crippen LogP contribution in [0.5, 0.6) is 0 Å². The molecule has 0 saturated carbocycles. The summed E-state index contributed by atoms with van der Waals surface area (Å²) in [5, 5.41) is 2.74. The molecular weight excluding hydrogens is 251 g/mol. The lowest BCUT2D eigenvalue weighted by molar-refractivity contribution is 0.0947. The van der Waals surface area contributed by atoms with Gasteiger partial charge < -0.3 is 5.32 Å². The summed E-state index contributed by atoms with van der Waals surface area (Å²) in [5.41, 5.74) is 0.136. The number of hydrogen-bond acceptors (Lipinski definition) is 3. The van der Waals surface area contributed by atoms with Crippen LogP contribution in [0, 0.1) is 5.95 Å². The Kier molecular flexibility index (Phi) is 7.41. The Labute approximate surface area is 112 Å². The number of carbonyl (C=O) groups excluding carboxylic acids is 1. The molecule has 1 aromatic heterocycles. The normalized spacial score (nSPS) is 10.3. The van der Waals surface area contributed by atoms with Crippen molar-refractivity contribution >= 4 is 17.7 Å². The van der Waals surface area contributed by atoms with Gasteiger partial charge in [0, 0.05) is 6.54 Å². The Morgan fingerprint density at radius 1 is 1.33 bits per heavy atom. The Bertz CT molecular complexity index is 374. The molecule has 0 fully saturated rings. The van der Waals surface area contributed by atoms with Crippen LogP contribution in [0.1, 0.15) is 36.2 Å². The second kappa shape index (κ2) is 8.91. The molecule has 5 heteroatoms. The number of aromatic nitrogens is 1. The fraction of sp³-hybridized carbons (Fsp3) is 0.538. The van der Waals surface area contributed by atoms with Gasteiger partial charge >= 0.3 is 0 Å². The first-order valence-electron chi connectivity index (χ1n) is 6.13. The summed E-state index contributed by atoms with van der Waals surface area (Å²) in [6.45, 7) is 0.621. The number of amides is 1. The van der Waals surface area contributed by atoms with Crippen LogP contribution >= 0.6 is 11.8 Å². The van der Waals surface area contributed by atoms with Gasteiger partial charge in [0.05, 0.1) is 0 Å². The van der Waals surface area contributed by atoms with Crippen LogP contribution in [0.3, 0.4) is 0 Å². The first kappa shape index (κ1) is 15.0. The highest BCUT2D eigenvalue weighted by Crippen LogP contribution is 2.04. The maximum Gasteiger partial charge on any atom is 0.269 e. The quantitative estimate of drug-likeness (QED) is 0.583. The molecule has 1 heterocycles. The molecule has 1 rings (SSSR count). The van der Waals surface area contributed by atoms with E-state index in [4.69, 9.17) is 0 Å². The SMILES string of the molecule is CSCCCCCCNC(=O)c1cccc(F)n1. The number of halogens is 1. The van der Waals surface area contributed by atoms with Crippen molar-refractivity contribution in [3.8, 4) is 0 Å². The topological polar surface area (TPSA) is 42.0 Å². The third-order valence-corrected chi connectivity index (χ3v) is 3.21. The molecule has 0 aliphatic rings. The smallest absolute Gasteiger partial charge is 0.269 e. The molecule has 100 valence electrons. The zero-order valence-electron chi connectivity index (χ0n) is 10.6. The van der Waals surface area contributed by atoms with E-state index in [0.29, 0.717) is 6.54 Å². The Morgan fingerprint density at radius 3 is 2.83 bits per heavy atom. The van der Waals surface area contributed by atoms with Gasteiger partial charge in [0.1, 0.15) is 5.69 Å². The average Bonchev–Trinajstić information content (AvgIpc) is 2.37. The second-order valence-electron chi connectivity index (χ2n) is 4.01. The molecule has 0 aromatic carbocycles. The second-order valence-corrected chi connectivity index (χ2v) is 4.99. The lowest BCUT2D eigenvalue weighted by Gasteiger charge is -2.04. The predicted molar refractivity (Wildman–Crippen MR) is 73.4 cm³/mol. The molecule has 0 spiro atoms. The molecular formula is C13H19FN2OS. The van der Waals surface area contributed by atoms with E-state index >= 15 is 0 Å². The van der Waals surface area contributed by atoms with Crippen molar-refractivity contribution in [2.24, 2.45) is 0 Å². The predicted octanol–water partition coefficient (Wildman–Crippen LogP) is 2.87. The molecule has 0 unspecified atom stereocenters. The highest BCUT2D eigenvalue weighted by molar-refractivity contribution is 7.98. The highest BCUT2D eigenvalue weighted by Gasteiger charge is 2.06. The van der Waals surface area contributed by atoms with Crippen LogP contribution in [0.2, 0.25) is 0 Å². The summed E-state index contributed by atoms with van der Waals surface area (Å²) in [5.74, 6) is 0.262. The number of thioether (sulfide) groups is 1. The van der Waals surface area contributed by atoms with E-state index in [9.17, 15) is 9.18 Å². The zero-order valence-corrected chi connectivity index (χ0v) is 11.4. The van der Waals surface area contributed by atoms with Gasteiger partial charge in [0.25, 0.3) is 5.91 Å². The highest BCUT2D eigenvalue weighted by atomic mass is 32.2. The van der Waals surface area contributed by atoms with E-state index in [2.05, 4.69) is 16.6 Å². The third kappa shape index (κ3) is 6.00. The number of pyridine rings is 1. The van der Waals surface area contributed by atoms with Crippen LogP contribution in [-0.2, 0) is 0 Å². The summed E-state index contributed by atoms with van der Waals surface area (Å²) >= 11 is 1.86. The lowest BCUT2D eigenvalue weighted by Crippen LogP contribution is -2.25. The molecule has 1 N–H and O–H groups in total. The van der Waals surface area contributed by atoms with Gasteiger partial charge in [-0.15, -0.1) is 0 Å². The maximum absolute atomic E-state index is 12.8. The van der Waals surface area contributed by atoms with E-state index in [1.54, 1.807) is 0 Å². The molecule has 1 amide bonds. The van der Waals surface area contributed by atoms with Gasteiger partial charge in [0.15, 0.2) is 0 Å². The average molecular weight is 270 g/mol. The van der Waals surface area contributed by atoms with Crippen molar-refractivity contribution in [2.75, 3.05) is 18.6 Å². The summed E-state index contributed by atoms with van der Waals surface area (Å²) in [6.07, 6.45) is 6.58. The van der Waals surface area contributed by atoms with Gasteiger partial charge in [-0.2, -0.15) is 16.2 Å². The van der Waals surface area contributed by atoms with Gasteiger partial charge in [0.2, 0.25) is 5.95 Å². The molecule has 0 saturated heterocycles. The molecule has 0 radical (unpaired) electrons. The molecule has 18 heavy (non-hydrogen) atoms. The maximum atomic E-state index is 12.8. The minimum atomic E-state index is -0.625. The molecule has 0 aliphatic carbocycles. The van der Waals surface area contributed by atoms with Crippen LogP contribution in [-0.4, -0.2) is 29.4 Å². The number of unbranched alkanes of at least 4 members (excludes halogenated alkanes) is 3. The van der Waals surface area contributed by atoms with Crippen LogP contribution in [0.25, 0.3) is 0 Å².